The maximum absolute atomic E-state index is 4.25. The molecule has 1 aromatic carbocycles. The standard InChI is InChI=1S/C19H19N5/c1-4-12-13-5-2-7-20-18(13)15(11-24-19-21-8-3-9-22-19)14-10-23-16(6-1)17(12)14/h1,3-4,6,8-11,13,18,20,23H,2,5,7H2,(H,21,22,24)/t13?,18-/m0/s1. The van der Waals surface area contributed by atoms with Gasteiger partial charge in [-0.3, -0.25) is 0 Å². The van der Waals surface area contributed by atoms with Crippen molar-refractivity contribution in [1.29, 1.82) is 0 Å². The second-order valence-corrected chi connectivity index (χ2v) is 6.47. The van der Waals surface area contributed by atoms with Crippen LogP contribution in [0.2, 0.25) is 0 Å². The third-order valence-corrected chi connectivity index (χ3v) is 5.16. The summed E-state index contributed by atoms with van der Waals surface area (Å²) in [5.41, 5.74) is 5.25. The number of rotatable bonds is 2. The van der Waals surface area contributed by atoms with Crippen molar-refractivity contribution in [2.24, 2.45) is 0 Å². The van der Waals surface area contributed by atoms with Gasteiger partial charge in [0.2, 0.25) is 5.95 Å². The van der Waals surface area contributed by atoms with E-state index in [9.17, 15) is 0 Å². The molecule has 0 saturated carbocycles. The first-order chi connectivity index (χ1) is 11.9. The van der Waals surface area contributed by atoms with E-state index in [4.69, 9.17) is 0 Å². The SMILES string of the molecule is C(Nc1ncccn1)=C1c2c[nH]c3cccc(c23)C2CCCN[C@H]12. The van der Waals surface area contributed by atoms with Crippen LogP contribution in [-0.4, -0.2) is 27.5 Å². The van der Waals surface area contributed by atoms with Gasteiger partial charge < -0.3 is 15.6 Å². The lowest BCUT2D eigenvalue weighted by Crippen LogP contribution is -2.42. The molecule has 3 aromatic rings. The van der Waals surface area contributed by atoms with E-state index in [-0.39, 0.29) is 0 Å². The lowest BCUT2D eigenvalue weighted by molar-refractivity contribution is 0.405. The zero-order valence-corrected chi connectivity index (χ0v) is 13.3. The summed E-state index contributed by atoms with van der Waals surface area (Å²) in [4.78, 5) is 11.9. The lowest BCUT2D eigenvalue weighted by atomic mass is 9.73. The molecule has 2 atom stereocenters. The summed E-state index contributed by atoms with van der Waals surface area (Å²) in [7, 11) is 0. The van der Waals surface area contributed by atoms with Crippen molar-refractivity contribution in [3.05, 3.63) is 60.2 Å². The van der Waals surface area contributed by atoms with Gasteiger partial charge in [0.05, 0.1) is 0 Å². The molecule has 1 fully saturated rings. The largest absolute Gasteiger partial charge is 0.361 e. The van der Waals surface area contributed by atoms with Gasteiger partial charge in [-0.05, 0) is 42.7 Å². The Morgan fingerprint density at radius 3 is 3.00 bits per heavy atom. The minimum Gasteiger partial charge on any atom is -0.361 e. The van der Waals surface area contributed by atoms with E-state index in [1.807, 2.05) is 6.07 Å². The van der Waals surface area contributed by atoms with Crippen LogP contribution in [-0.2, 0) is 0 Å². The van der Waals surface area contributed by atoms with Crippen molar-refractivity contribution >= 4 is 22.4 Å². The third-order valence-electron chi connectivity index (χ3n) is 5.16. The highest BCUT2D eigenvalue weighted by atomic mass is 15.1. The van der Waals surface area contributed by atoms with Gasteiger partial charge in [-0.15, -0.1) is 0 Å². The first-order valence-corrected chi connectivity index (χ1v) is 8.49. The Balaban J connectivity index is 1.65. The van der Waals surface area contributed by atoms with E-state index in [2.05, 4.69) is 56.2 Å². The fourth-order valence-electron chi connectivity index (χ4n) is 4.15. The van der Waals surface area contributed by atoms with Crippen molar-refractivity contribution in [3.63, 3.8) is 0 Å². The average molecular weight is 317 g/mol. The number of anilines is 1. The number of piperidine rings is 1. The number of aromatic amines is 1. The fraction of sp³-hybridized carbons (Fsp3) is 0.263. The van der Waals surface area contributed by atoms with Crippen LogP contribution in [0.4, 0.5) is 5.95 Å². The summed E-state index contributed by atoms with van der Waals surface area (Å²) >= 11 is 0. The van der Waals surface area contributed by atoms with Gasteiger partial charge in [0.15, 0.2) is 0 Å². The van der Waals surface area contributed by atoms with Gasteiger partial charge in [0.25, 0.3) is 0 Å². The predicted molar refractivity (Wildman–Crippen MR) is 95.7 cm³/mol. The molecule has 5 nitrogen and oxygen atoms in total. The number of nitrogens with zero attached hydrogens (tertiary/aromatic N) is 2. The van der Waals surface area contributed by atoms with Gasteiger partial charge in [0, 0.05) is 53.2 Å². The summed E-state index contributed by atoms with van der Waals surface area (Å²) in [6, 6.07) is 8.76. The fourth-order valence-corrected chi connectivity index (χ4v) is 4.15. The molecule has 0 amide bonds. The monoisotopic (exact) mass is 317 g/mol. The summed E-state index contributed by atoms with van der Waals surface area (Å²) in [6.45, 7) is 1.07. The predicted octanol–water partition coefficient (Wildman–Crippen LogP) is 3.26. The molecule has 3 N–H and O–H groups in total. The quantitative estimate of drug-likeness (QED) is 0.679. The van der Waals surface area contributed by atoms with Crippen LogP contribution in [0.25, 0.3) is 16.5 Å². The highest BCUT2D eigenvalue weighted by Crippen LogP contribution is 2.45. The van der Waals surface area contributed by atoms with Crippen LogP contribution in [0.5, 0.6) is 0 Å². The lowest BCUT2D eigenvalue weighted by Gasteiger charge is -2.38. The average Bonchev–Trinajstić information content (AvgIpc) is 3.08. The molecule has 0 bridgehead atoms. The molecule has 120 valence electrons. The molecule has 3 heterocycles. The van der Waals surface area contributed by atoms with Gasteiger partial charge in [-0.1, -0.05) is 12.1 Å². The van der Waals surface area contributed by atoms with Gasteiger partial charge in [-0.25, -0.2) is 9.97 Å². The Bertz CT molecular complexity index is 912. The van der Waals surface area contributed by atoms with Crippen LogP contribution in [0, 0.1) is 0 Å². The van der Waals surface area contributed by atoms with E-state index in [1.54, 1.807) is 12.4 Å². The zero-order valence-electron chi connectivity index (χ0n) is 13.3. The molecule has 1 aliphatic carbocycles. The molecule has 1 aliphatic heterocycles. The number of fused-ring (bicyclic) bond motifs is 2. The number of nitrogens with one attached hydrogen (secondary N) is 3. The normalized spacial score (nSPS) is 24.1. The molecule has 1 unspecified atom stereocenters. The van der Waals surface area contributed by atoms with Gasteiger partial charge in [-0.2, -0.15) is 0 Å². The number of hydrogen-bond donors (Lipinski definition) is 3. The Labute approximate surface area is 140 Å². The van der Waals surface area contributed by atoms with Crippen LogP contribution in [0.3, 0.4) is 0 Å². The van der Waals surface area contributed by atoms with Crippen LogP contribution in [0.1, 0.15) is 29.9 Å². The summed E-state index contributed by atoms with van der Waals surface area (Å²) < 4.78 is 0. The van der Waals surface area contributed by atoms with Crippen molar-refractivity contribution in [2.75, 3.05) is 11.9 Å². The zero-order chi connectivity index (χ0) is 15.9. The molecular weight excluding hydrogens is 298 g/mol. The molecule has 2 aromatic heterocycles. The second kappa shape index (κ2) is 5.46. The summed E-state index contributed by atoms with van der Waals surface area (Å²) in [5.74, 6) is 1.15. The number of H-pyrrole nitrogens is 1. The van der Waals surface area contributed by atoms with Crippen LogP contribution >= 0.6 is 0 Å². The van der Waals surface area contributed by atoms with Crippen molar-refractivity contribution in [1.82, 2.24) is 20.3 Å². The van der Waals surface area contributed by atoms with E-state index in [0.29, 0.717) is 17.9 Å². The Morgan fingerprint density at radius 1 is 1.17 bits per heavy atom. The number of hydrogen-bond acceptors (Lipinski definition) is 4. The van der Waals surface area contributed by atoms with Crippen LogP contribution < -0.4 is 10.6 Å². The van der Waals surface area contributed by atoms with Gasteiger partial charge in [0.1, 0.15) is 0 Å². The Kier molecular flexibility index (Phi) is 3.13. The number of benzene rings is 1. The minimum atomic E-state index is 0.337. The highest BCUT2D eigenvalue weighted by molar-refractivity contribution is 5.99. The maximum Gasteiger partial charge on any atom is 0.226 e. The van der Waals surface area contributed by atoms with E-state index < -0.39 is 0 Å². The summed E-state index contributed by atoms with van der Waals surface area (Å²) in [5, 5.41) is 8.36. The molecule has 0 spiro atoms. The maximum atomic E-state index is 4.25. The molecule has 2 aliphatic rings. The van der Waals surface area contributed by atoms with E-state index in [1.165, 1.54) is 40.4 Å². The van der Waals surface area contributed by atoms with E-state index >= 15 is 0 Å². The first-order valence-electron chi connectivity index (χ1n) is 8.49. The smallest absolute Gasteiger partial charge is 0.226 e. The second-order valence-electron chi connectivity index (χ2n) is 6.47. The molecule has 5 rings (SSSR count). The molecule has 5 heteroatoms. The Hall–Kier alpha value is -2.66. The molecule has 24 heavy (non-hydrogen) atoms. The van der Waals surface area contributed by atoms with Crippen molar-refractivity contribution < 1.29 is 0 Å². The van der Waals surface area contributed by atoms with Gasteiger partial charge >= 0.3 is 0 Å². The van der Waals surface area contributed by atoms with Crippen LogP contribution in [0.15, 0.2) is 49.1 Å². The molecule has 0 radical (unpaired) electrons. The Morgan fingerprint density at radius 2 is 2.08 bits per heavy atom. The van der Waals surface area contributed by atoms with Crippen molar-refractivity contribution in [3.8, 4) is 0 Å². The molecule has 1 saturated heterocycles. The van der Waals surface area contributed by atoms with Crippen molar-refractivity contribution in [2.45, 2.75) is 24.8 Å². The summed E-state index contributed by atoms with van der Waals surface area (Å²) in [6.07, 6.45) is 10.1. The minimum absolute atomic E-state index is 0.337. The topological polar surface area (TPSA) is 65.6 Å². The highest BCUT2D eigenvalue weighted by Gasteiger charge is 2.36. The number of aromatic nitrogens is 3. The van der Waals surface area contributed by atoms with E-state index in [0.717, 1.165) is 6.54 Å². The molecular formula is C19H19N5. The first kappa shape index (κ1) is 13.7. The third kappa shape index (κ3) is 2.05.